The van der Waals surface area contributed by atoms with Crippen molar-refractivity contribution in [2.24, 2.45) is 40.9 Å². The Labute approximate surface area is 448 Å². The van der Waals surface area contributed by atoms with Gasteiger partial charge in [-0.3, -0.25) is 33.7 Å². The molecule has 77 heavy (non-hydrogen) atoms. The van der Waals surface area contributed by atoms with E-state index in [2.05, 4.69) is 64.3 Å². The molecular weight excluding hydrogens is 975 g/mol. The van der Waals surface area contributed by atoms with Crippen LogP contribution in [0.3, 0.4) is 0 Å². The van der Waals surface area contributed by atoms with E-state index in [0.717, 1.165) is 78.8 Å². The van der Waals surface area contributed by atoms with Crippen LogP contribution in [-0.2, 0) is 64.1 Å². The molecule has 12 aliphatic rings. The highest BCUT2D eigenvalue weighted by Crippen LogP contribution is 2.65. The Morgan fingerprint density at radius 1 is 0.610 bits per heavy atom. The first-order valence-corrected chi connectivity index (χ1v) is 27.6. The average molecular weight is 1040 g/mol. The van der Waals surface area contributed by atoms with Gasteiger partial charge >= 0.3 is 6.15 Å². The van der Waals surface area contributed by atoms with E-state index in [1.807, 2.05) is 73.7 Å². The summed E-state index contributed by atoms with van der Waals surface area (Å²) < 4.78 is 12.2. The maximum Gasteiger partial charge on any atom is 0.373 e. The fraction of sp³-hybridized carbons (Fsp3) is 0.500. The third kappa shape index (κ3) is 7.43. The zero-order valence-corrected chi connectivity index (χ0v) is 44.1. The number of hydrogen-bond acceptors (Lipinski definition) is 12. The summed E-state index contributed by atoms with van der Waals surface area (Å²) in [6.07, 6.45) is 18.5. The minimum Gasteiger partial charge on any atom is -0.374 e. The highest BCUT2D eigenvalue weighted by Gasteiger charge is 2.67. The maximum atomic E-state index is 13.2. The van der Waals surface area contributed by atoms with Crippen LogP contribution in [0, 0.1) is 40.9 Å². The van der Waals surface area contributed by atoms with Gasteiger partial charge in [0.25, 0.3) is 0 Å². The summed E-state index contributed by atoms with van der Waals surface area (Å²) in [5.41, 5.74) is 4.04. The van der Waals surface area contributed by atoms with Crippen molar-refractivity contribution in [2.75, 3.05) is 42.8 Å². The minimum atomic E-state index is -0.553. The molecule has 400 valence electrons. The van der Waals surface area contributed by atoms with Gasteiger partial charge in [0.2, 0.25) is 17.7 Å². The second-order valence-electron chi connectivity index (χ2n) is 24.4. The van der Waals surface area contributed by atoms with E-state index in [9.17, 15) is 28.8 Å². The maximum absolute atomic E-state index is 13.2. The van der Waals surface area contributed by atoms with Gasteiger partial charge in [-0.25, -0.2) is 0 Å². The molecule has 0 radical (unpaired) electrons. The van der Waals surface area contributed by atoms with Gasteiger partial charge in [0.15, 0.2) is 17.3 Å². The summed E-state index contributed by atoms with van der Waals surface area (Å²) in [6, 6.07) is 24.4. The van der Waals surface area contributed by atoms with Crippen molar-refractivity contribution in [1.82, 2.24) is 10.2 Å². The number of fused-ring (bicyclic) bond motifs is 18. The Hall–Kier alpha value is -6.48. The van der Waals surface area contributed by atoms with Crippen LogP contribution in [0.2, 0.25) is 0 Å². The summed E-state index contributed by atoms with van der Waals surface area (Å²) in [5.74, 6) is 2.60. The topological polar surface area (TPSA) is 206 Å². The number of carbonyl (C=O) groups is 6. The van der Waals surface area contributed by atoms with Gasteiger partial charge in [0.05, 0.1) is 40.1 Å². The molecule has 6 aliphatic heterocycles. The first kappa shape index (κ1) is 51.3. The summed E-state index contributed by atoms with van der Waals surface area (Å²) in [7, 11) is 1.76. The van der Waals surface area contributed by atoms with Crippen LogP contribution in [0.15, 0.2) is 109 Å². The van der Waals surface area contributed by atoms with Gasteiger partial charge in [-0.2, -0.15) is 9.59 Å². The van der Waals surface area contributed by atoms with Gasteiger partial charge in [-0.15, -0.1) is 0 Å². The molecule has 0 bridgehead atoms. The quantitative estimate of drug-likeness (QED) is 0.196. The molecule has 15 atom stereocenters. The monoisotopic (exact) mass is 1040 g/mol. The number of ether oxygens (including phenoxy) is 2. The van der Waals surface area contributed by atoms with Crippen LogP contribution in [0.4, 0.5) is 17.1 Å². The fourth-order valence-electron chi connectivity index (χ4n) is 17.7. The molecule has 0 aromatic heterocycles. The number of benzene rings is 3. The molecule has 3 aromatic carbocycles. The largest absolute Gasteiger partial charge is 0.374 e. The van der Waals surface area contributed by atoms with Gasteiger partial charge in [0, 0.05) is 74.5 Å². The van der Waals surface area contributed by atoms with Crippen molar-refractivity contribution in [3.05, 3.63) is 126 Å². The summed E-state index contributed by atoms with van der Waals surface area (Å²) >= 11 is 0. The molecule has 3 unspecified atom stereocenters. The van der Waals surface area contributed by atoms with E-state index in [0.29, 0.717) is 44.2 Å². The molecule has 3 aromatic rings. The van der Waals surface area contributed by atoms with E-state index >= 15 is 0 Å². The van der Waals surface area contributed by atoms with Crippen LogP contribution in [0.25, 0.3) is 0 Å². The first-order valence-electron chi connectivity index (χ1n) is 27.6. The van der Waals surface area contributed by atoms with Crippen molar-refractivity contribution in [2.45, 2.75) is 124 Å². The lowest BCUT2D eigenvalue weighted by molar-refractivity contribution is -0.191. The highest BCUT2D eigenvalue weighted by molar-refractivity contribution is 6.09. The number of hydrogen-bond donors (Lipinski definition) is 4. The number of allylic oxidation sites excluding steroid dienone is 4. The molecule has 3 saturated carbocycles. The van der Waals surface area contributed by atoms with Gasteiger partial charge < -0.3 is 30.7 Å². The van der Waals surface area contributed by atoms with Crippen LogP contribution in [0.5, 0.6) is 0 Å². The molecular formula is C62H67N5O10. The standard InChI is InChI=1S/C22H25NO3.C20H22N2O2.C19H20N2O3.CO2/c1-13-12-22(15-5-3-4-6-18(15)23-20(22)25)16-8-10-21(26-2)9-7-14(24)11-17(21)19(13)16;1-19-8-6-12(23)10-15(19)17-14(7-9-19)20(11-21-17)13-4-2-3-5-16(13)22-18(20)24;1-18-7-6-12(22)10-15(18)21-9-8-19(16(21)11-24-18)13-4-2-3-5-14(13)20-17(19)23;2-1-3/h3-7,9,13,16-17,19H,8,10-12H2,1-2H3,(H,23,25);2-6,8,14-15,17,21H,7,9-11H2,1H3,(H,22,24);2-7,15-16H,8-11H2,1H3,(H,20,23);/t13-,16-,17+,19?,21+,22+;14-,15+,17?,19-,20+;15-,16?,18+,19+;/m111./s1. The molecule has 6 fully saturated rings. The predicted molar refractivity (Wildman–Crippen MR) is 284 cm³/mol. The number of amides is 3. The zero-order valence-electron chi connectivity index (χ0n) is 44.1. The van der Waals surface area contributed by atoms with Crippen LogP contribution in [-0.4, -0.2) is 102 Å². The molecule has 3 saturated heterocycles. The molecule has 4 N–H and O–H groups in total. The Morgan fingerprint density at radius 2 is 1.14 bits per heavy atom. The second kappa shape index (κ2) is 18.6. The van der Waals surface area contributed by atoms with Crippen LogP contribution in [0.1, 0.15) is 95.2 Å². The van der Waals surface area contributed by atoms with Crippen molar-refractivity contribution in [1.29, 1.82) is 0 Å². The molecule has 3 spiro atoms. The third-order valence-corrected chi connectivity index (χ3v) is 21.2. The number of methoxy groups -OCH3 is 1. The Morgan fingerprint density at radius 3 is 1.79 bits per heavy atom. The molecule has 3 amide bonds. The number of anilines is 3. The molecule has 15 rings (SSSR count). The fourth-order valence-corrected chi connectivity index (χ4v) is 17.7. The second-order valence-corrected chi connectivity index (χ2v) is 24.4. The van der Waals surface area contributed by atoms with Crippen LogP contribution >= 0.6 is 0 Å². The lowest BCUT2D eigenvalue weighted by Crippen LogP contribution is -2.64. The number of nitrogens with one attached hydrogen (secondary N) is 4. The van der Waals surface area contributed by atoms with Crippen molar-refractivity contribution >= 4 is 58.3 Å². The molecule has 6 aliphatic carbocycles. The minimum absolute atomic E-state index is 0.00804. The Bertz CT molecular complexity index is 3010. The molecule has 15 heteroatoms. The SMILES string of the molecule is CO[C@]12C=CC(=O)C[C@H]1C1[C@H](C)C[C@@]3(C(=O)Nc4ccccc43)[C@@H]1CC2.C[C@]12C=CC(=O)C[C@H]1C1NC[C@@]3(C(=O)Nc4ccccc43)[C@@H]1CC2.C[C@]12C=CC(=O)C[C@H]1N1CC[C@@]3(C(=O)Nc4ccccc43)C1CO2.O=C=O. The number of ketones is 3. The number of carbonyl (C=O) groups excluding carboxylic acids is 8. The summed E-state index contributed by atoms with van der Waals surface area (Å²) in [4.78, 5) is 94.0. The van der Waals surface area contributed by atoms with E-state index in [4.69, 9.17) is 19.1 Å². The summed E-state index contributed by atoms with van der Waals surface area (Å²) in [6.45, 7) is 8.58. The zero-order chi connectivity index (χ0) is 53.9. The lowest BCUT2D eigenvalue weighted by atomic mass is 9.54. The van der Waals surface area contributed by atoms with Gasteiger partial charge in [-0.05, 0) is 146 Å². The van der Waals surface area contributed by atoms with Gasteiger partial charge in [-0.1, -0.05) is 74.5 Å². The normalized spacial score (nSPS) is 40.5. The van der Waals surface area contributed by atoms with E-state index in [1.165, 1.54) is 0 Å². The smallest absolute Gasteiger partial charge is 0.373 e. The Kier molecular flexibility index (Phi) is 12.4. The van der Waals surface area contributed by atoms with Crippen molar-refractivity contribution < 1.29 is 47.8 Å². The number of para-hydroxylation sites is 3. The summed E-state index contributed by atoms with van der Waals surface area (Å²) in [5, 5.41) is 12.9. The highest BCUT2D eigenvalue weighted by atomic mass is 16.5. The number of rotatable bonds is 1. The third-order valence-electron chi connectivity index (χ3n) is 21.2. The molecule has 15 nitrogen and oxygen atoms in total. The lowest BCUT2D eigenvalue weighted by Gasteiger charge is -2.51. The average Bonchev–Trinajstić information content (AvgIpc) is 4.42. The number of nitrogens with zero attached hydrogens (tertiary/aromatic N) is 1. The van der Waals surface area contributed by atoms with E-state index in [-0.39, 0.29) is 94.0 Å². The van der Waals surface area contributed by atoms with Crippen molar-refractivity contribution in [3.63, 3.8) is 0 Å². The van der Waals surface area contributed by atoms with E-state index < -0.39 is 21.8 Å². The van der Waals surface area contributed by atoms with Gasteiger partial charge in [0.1, 0.15) is 0 Å². The molecule has 6 heterocycles. The first-order chi connectivity index (χ1) is 37.0. The van der Waals surface area contributed by atoms with Crippen LogP contribution < -0.4 is 21.3 Å². The number of morpholine rings is 1. The predicted octanol–water partition coefficient (Wildman–Crippen LogP) is 6.94. The van der Waals surface area contributed by atoms with Crippen molar-refractivity contribution in [3.8, 4) is 0 Å². The Balaban J connectivity index is 0.000000113. The van der Waals surface area contributed by atoms with E-state index in [1.54, 1.807) is 25.3 Å².